The van der Waals surface area contributed by atoms with Gasteiger partial charge in [-0.15, -0.1) is 0 Å². The number of hydrogen-bond acceptors (Lipinski definition) is 5. The van der Waals surface area contributed by atoms with Gasteiger partial charge in [0, 0.05) is 26.2 Å². The van der Waals surface area contributed by atoms with Crippen LogP contribution in [0.5, 0.6) is 0 Å². The Kier molecular flexibility index (Phi) is 14.2. The zero-order chi connectivity index (χ0) is 41.2. The molecule has 5 N–H and O–H groups in total. The van der Waals surface area contributed by atoms with Gasteiger partial charge >= 0.3 is 12.1 Å². The summed E-state index contributed by atoms with van der Waals surface area (Å²) < 4.78 is 0. The number of nitrogens with one attached hydrogen (secondary N) is 4. The predicted molar refractivity (Wildman–Crippen MR) is 226 cm³/mol. The molecular formula is C47H58N6O5. The van der Waals surface area contributed by atoms with Gasteiger partial charge in [-0.1, -0.05) is 137 Å². The third-order valence-electron chi connectivity index (χ3n) is 11.4. The first kappa shape index (κ1) is 41.9. The standard InChI is InChI=1S/C47H58N6O5/c1-31(2)41(50-46(57)52-25-23-35-19-11-13-21-37(35)29-52)44(55)48-39(27-33-15-7-5-8-16-33)43(54)40(28-34-17-9-6-10-18-34)49-45(56)42(32(3)4)51-47(58)53-26-24-36-20-12-14-22-38(36)30-53/h5-22,31-32,39-43,54H,23-30H2,1-4H3,(H,48,55)(H,49,56)(H,50,57)(H,51,58)/t39-,40-,41?,42?,43?/m0/s1. The summed E-state index contributed by atoms with van der Waals surface area (Å²) in [6.07, 6.45) is 0.721. The monoisotopic (exact) mass is 786 g/mol. The highest BCUT2D eigenvalue weighted by Gasteiger charge is 2.36. The molecule has 58 heavy (non-hydrogen) atoms. The quantitative estimate of drug-likeness (QED) is 0.117. The molecule has 306 valence electrons. The summed E-state index contributed by atoms with van der Waals surface area (Å²) in [5.74, 6) is -1.39. The second-order valence-electron chi connectivity index (χ2n) is 16.3. The van der Waals surface area contributed by atoms with E-state index < -0.39 is 42.1 Å². The topological polar surface area (TPSA) is 143 Å². The molecule has 6 amide bonds. The smallest absolute Gasteiger partial charge is 0.318 e. The van der Waals surface area contributed by atoms with Gasteiger partial charge in [0.25, 0.3) is 0 Å². The molecule has 0 aromatic heterocycles. The molecule has 4 aromatic carbocycles. The number of carbonyl (C=O) groups is 4. The number of nitrogens with zero attached hydrogens (tertiary/aromatic N) is 2. The summed E-state index contributed by atoms with van der Waals surface area (Å²) in [5, 5.41) is 24.5. The Morgan fingerprint density at radius 1 is 0.517 bits per heavy atom. The van der Waals surface area contributed by atoms with Crippen LogP contribution in [0.4, 0.5) is 9.59 Å². The molecule has 0 radical (unpaired) electrons. The number of aliphatic hydroxyl groups excluding tert-OH is 1. The Balaban J connectivity index is 1.21. The third kappa shape index (κ3) is 10.8. The maximum Gasteiger partial charge on any atom is 0.318 e. The Bertz CT molecular complexity index is 1860. The van der Waals surface area contributed by atoms with Gasteiger partial charge in [0.05, 0.1) is 18.2 Å². The van der Waals surface area contributed by atoms with Crippen molar-refractivity contribution in [2.45, 2.75) is 96.7 Å². The number of amides is 6. The van der Waals surface area contributed by atoms with Gasteiger partial charge in [0.1, 0.15) is 12.1 Å². The van der Waals surface area contributed by atoms with E-state index in [1.165, 1.54) is 11.1 Å². The van der Waals surface area contributed by atoms with Crippen LogP contribution in [0.15, 0.2) is 109 Å². The van der Waals surface area contributed by atoms with Crippen molar-refractivity contribution in [3.05, 3.63) is 143 Å². The molecule has 11 heteroatoms. The molecule has 2 aliphatic heterocycles. The Morgan fingerprint density at radius 2 is 0.862 bits per heavy atom. The first-order chi connectivity index (χ1) is 28.0. The maximum atomic E-state index is 14.3. The van der Waals surface area contributed by atoms with E-state index in [0.29, 0.717) is 26.2 Å². The van der Waals surface area contributed by atoms with E-state index in [0.717, 1.165) is 35.1 Å². The highest BCUT2D eigenvalue weighted by Crippen LogP contribution is 2.21. The molecule has 4 atom stereocenters. The van der Waals surface area contributed by atoms with Gasteiger partial charge in [0.15, 0.2) is 0 Å². The molecule has 0 aliphatic carbocycles. The van der Waals surface area contributed by atoms with Crippen LogP contribution in [0.3, 0.4) is 0 Å². The van der Waals surface area contributed by atoms with Crippen molar-refractivity contribution in [2.75, 3.05) is 13.1 Å². The fraction of sp³-hybridized carbons (Fsp3) is 0.404. The first-order valence-corrected chi connectivity index (χ1v) is 20.6. The number of carbonyl (C=O) groups excluding carboxylic acids is 4. The average molecular weight is 787 g/mol. The molecule has 6 rings (SSSR count). The van der Waals surface area contributed by atoms with Crippen LogP contribution in [-0.4, -0.2) is 82.1 Å². The number of rotatable bonds is 14. The SMILES string of the molecule is CC(C)C(NC(=O)N1CCc2ccccc2C1)C(=O)N[C@@H](Cc1ccccc1)C(O)[C@H](Cc1ccccc1)NC(=O)C(NC(=O)N1CCc2ccccc2C1)C(C)C. The summed E-state index contributed by atoms with van der Waals surface area (Å²) in [7, 11) is 0. The van der Waals surface area contributed by atoms with Gasteiger partial charge in [-0.3, -0.25) is 9.59 Å². The minimum atomic E-state index is -1.27. The molecule has 4 aromatic rings. The van der Waals surface area contributed by atoms with Crippen LogP contribution < -0.4 is 21.3 Å². The molecule has 2 heterocycles. The highest BCUT2D eigenvalue weighted by molar-refractivity contribution is 5.88. The Hall–Kier alpha value is -5.68. The van der Waals surface area contributed by atoms with Crippen molar-refractivity contribution in [1.82, 2.24) is 31.1 Å². The Labute approximate surface area is 342 Å². The summed E-state index contributed by atoms with van der Waals surface area (Å²) >= 11 is 0. The van der Waals surface area contributed by atoms with Gasteiger partial charge in [-0.2, -0.15) is 0 Å². The molecule has 11 nitrogen and oxygen atoms in total. The van der Waals surface area contributed by atoms with E-state index in [1.807, 2.05) is 125 Å². The molecule has 2 unspecified atom stereocenters. The van der Waals surface area contributed by atoms with E-state index in [-0.39, 0.29) is 36.7 Å². The zero-order valence-electron chi connectivity index (χ0n) is 34.1. The van der Waals surface area contributed by atoms with Gasteiger partial charge < -0.3 is 36.2 Å². The highest BCUT2D eigenvalue weighted by atomic mass is 16.3. The van der Waals surface area contributed by atoms with Crippen molar-refractivity contribution in [1.29, 1.82) is 0 Å². The normalized spacial score (nSPS) is 16.3. The van der Waals surface area contributed by atoms with Crippen molar-refractivity contribution in [3.8, 4) is 0 Å². The summed E-state index contributed by atoms with van der Waals surface area (Å²) in [6, 6.07) is 31.1. The number of benzene rings is 4. The number of urea groups is 2. The van der Waals surface area contributed by atoms with Gasteiger partial charge in [-0.25, -0.2) is 9.59 Å². The fourth-order valence-corrected chi connectivity index (χ4v) is 7.93. The molecule has 0 saturated carbocycles. The summed E-state index contributed by atoms with van der Waals surface area (Å²) in [6.45, 7) is 9.48. The van der Waals surface area contributed by atoms with E-state index in [1.54, 1.807) is 9.80 Å². The zero-order valence-corrected chi connectivity index (χ0v) is 34.1. The lowest BCUT2D eigenvalue weighted by Gasteiger charge is -2.35. The van der Waals surface area contributed by atoms with Gasteiger partial charge in [0.2, 0.25) is 11.8 Å². The minimum Gasteiger partial charge on any atom is -0.389 e. The van der Waals surface area contributed by atoms with Crippen LogP contribution in [0.2, 0.25) is 0 Å². The van der Waals surface area contributed by atoms with Crippen molar-refractivity contribution >= 4 is 23.9 Å². The van der Waals surface area contributed by atoms with Crippen LogP contribution in [0, 0.1) is 11.8 Å². The van der Waals surface area contributed by atoms with Crippen LogP contribution in [0.1, 0.15) is 61.1 Å². The minimum absolute atomic E-state index is 0.261. The molecule has 2 aliphatic rings. The molecule has 0 bridgehead atoms. The molecular weight excluding hydrogens is 729 g/mol. The summed E-state index contributed by atoms with van der Waals surface area (Å²) in [5.41, 5.74) is 6.37. The fourth-order valence-electron chi connectivity index (χ4n) is 7.93. The Morgan fingerprint density at radius 3 is 1.22 bits per heavy atom. The van der Waals surface area contributed by atoms with Crippen LogP contribution in [-0.2, 0) is 48.4 Å². The van der Waals surface area contributed by atoms with Crippen molar-refractivity contribution in [2.24, 2.45) is 11.8 Å². The lowest BCUT2D eigenvalue weighted by atomic mass is 9.91. The third-order valence-corrected chi connectivity index (χ3v) is 11.4. The molecule has 0 fully saturated rings. The van der Waals surface area contributed by atoms with Crippen molar-refractivity contribution < 1.29 is 24.3 Å². The van der Waals surface area contributed by atoms with Crippen LogP contribution in [0.25, 0.3) is 0 Å². The molecule has 0 saturated heterocycles. The lowest BCUT2D eigenvalue weighted by Crippen LogP contribution is -2.62. The van der Waals surface area contributed by atoms with E-state index in [2.05, 4.69) is 33.4 Å². The number of hydrogen-bond donors (Lipinski definition) is 5. The van der Waals surface area contributed by atoms with E-state index >= 15 is 0 Å². The second kappa shape index (κ2) is 19.7. The lowest BCUT2D eigenvalue weighted by molar-refractivity contribution is -0.126. The number of aliphatic hydroxyl groups is 1. The maximum absolute atomic E-state index is 14.3. The van der Waals surface area contributed by atoms with Crippen molar-refractivity contribution in [3.63, 3.8) is 0 Å². The molecule has 0 spiro atoms. The average Bonchev–Trinajstić information content (AvgIpc) is 3.23. The van der Waals surface area contributed by atoms with E-state index in [4.69, 9.17) is 0 Å². The van der Waals surface area contributed by atoms with Crippen LogP contribution >= 0.6 is 0 Å². The largest absolute Gasteiger partial charge is 0.389 e. The second-order valence-corrected chi connectivity index (χ2v) is 16.3. The predicted octanol–water partition coefficient (Wildman–Crippen LogP) is 5.39. The van der Waals surface area contributed by atoms with Gasteiger partial charge in [-0.05, 0) is 70.9 Å². The van der Waals surface area contributed by atoms with E-state index in [9.17, 15) is 24.3 Å². The summed E-state index contributed by atoms with van der Waals surface area (Å²) in [4.78, 5) is 59.2. The first-order valence-electron chi connectivity index (χ1n) is 20.6. The number of fused-ring (bicyclic) bond motifs is 2.